The van der Waals surface area contributed by atoms with Crippen molar-refractivity contribution in [2.45, 2.75) is 19.8 Å². The maximum absolute atomic E-state index is 5.45. The summed E-state index contributed by atoms with van der Waals surface area (Å²) in [7, 11) is 0. The van der Waals surface area contributed by atoms with Crippen LogP contribution in [0.25, 0.3) is 0 Å². The van der Waals surface area contributed by atoms with Gasteiger partial charge in [0.15, 0.2) is 5.82 Å². The molecule has 0 fully saturated rings. The lowest BCUT2D eigenvalue weighted by atomic mass is 10.3. The molecule has 0 spiro atoms. The second-order valence-corrected chi connectivity index (χ2v) is 3.95. The van der Waals surface area contributed by atoms with Crippen molar-refractivity contribution in [2.24, 2.45) is 0 Å². The first-order valence-corrected chi connectivity index (χ1v) is 6.17. The Balaban J connectivity index is 1.91. The summed E-state index contributed by atoms with van der Waals surface area (Å²) in [6.07, 6.45) is 2.15. The molecule has 1 aromatic heterocycles. The Morgan fingerprint density at radius 2 is 1.89 bits per heavy atom. The van der Waals surface area contributed by atoms with Crippen molar-refractivity contribution in [3.05, 3.63) is 42.5 Å². The van der Waals surface area contributed by atoms with E-state index in [1.807, 2.05) is 42.5 Å². The molecule has 2 aromatic rings. The van der Waals surface area contributed by atoms with Gasteiger partial charge >= 0.3 is 0 Å². The molecule has 0 unspecified atom stereocenters. The lowest BCUT2D eigenvalue weighted by Gasteiger charge is -2.06. The molecule has 1 N–H and O–H groups in total. The summed E-state index contributed by atoms with van der Waals surface area (Å²) in [5.74, 6) is 1.28. The van der Waals surface area contributed by atoms with E-state index in [0.29, 0.717) is 18.3 Å². The number of nitrogens with one attached hydrogen (secondary N) is 1. The maximum atomic E-state index is 5.45. The molecule has 0 radical (unpaired) electrons. The van der Waals surface area contributed by atoms with Crippen LogP contribution in [0.4, 0.5) is 11.5 Å². The van der Waals surface area contributed by atoms with Crippen molar-refractivity contribution in [1.29, 1.82) is 0 Å². The number of nitrogens with zero attached hydrogens (tertiary/aromatic N) is 2. The Hall–Kier alpha value is -2.10. The quantitative estimate of drug-likeness (QED) is 0.790. The van der Waals surface area contributed by atoms with Crippen LogP contribution in [-0.4, -0.2) is 16.8 Å². The highest BCUT2D eigenvalue weighted by Gasteiger charge is 1.98. The van der Waals surface area contributed by atoms with E-state index in [0.717, 1.165) is 18.5 Å². The number of aromatic nitrogens is 2. The zero-order chi connectivity index (χ0) is 12.6. The highest BCUT2D eigenvalue weighted by Crippen LogP contribution is 2.14. The number of benzene rings is 1. The van der Waals surface area contributed by atoms with E-state index in [9.17, 15) is 0 Å². The average Bonchev–Trinajstić information content (AvgIpc) is 2.42. The summed E-state index contributed by atoms with van der Waals surface area (Å²) in [4.78, 5) is 0. The van der Waals surface area contributed by atoms with Gasteiger partial charge in [-0.2, -0.15) is 0 Å². The monoisotopic (exact) mass is 243 g/mol. The van der Waals surface area contributed by atoms with Gasteiger partial charge in [0.2, 0.25) is 5.88 Å². The summed E-state index contributed by atoms with van der Waals surface area (Å²) >= 11 is 0. The molecule has 0 atom stereocenters. The van der Waals surface area contributed by atoms with Gasteiger partial charge in [-0.3, -0.25) is 0 Å². The zero-order valence-electron chi connectivity index (χ0n) is 10.5. The standard InChI is InChI=1S/C14H17N3O/c1-2-3-11-18-14-10-9-13(16-17-14)15-12-7-5-4-6-8-12/h4-10H,2-3,11H2,1H3,(H,15,16). The molecule has 1 heterocycles. The van der Waals surface area contributed by atoms with Gasteiger partial charge in [0.25, 0.3) is 0 Å². The molecule has 4 nitrogen and oxygen atoms in total. The largest absolute Gasteiger partial charge is 0.477 e. The number of hydrogen-bond acceptors (Lipinski definition) is 4. The van der Waals surface area contributed by atoms with E-state index < -0.39 is 0 Å². The van der Waals surface area contributed by atoms with Gasteiger partial charge in [-0.1, -0.05) is 31.5 Å². The number of ether oxygens (including phenoxy) is 1. The maximum Gasteiger partial charge on any atom is 0.233 e. The van der Waals surface area contributed by atoms with Crippen LogP contribution in [0.15, 0.2) is 42.5 Å². The van der Waals surface area contributed by atoms with Crippen LogP contribution in [0, 0.1) is 0 Å². The second kappa shape index (κ2) is 6.59. The molecule has 0 bridgehead atoms. The molecule has 0 saturated heterocycles. The number of para-hydroxylation sites is 1. The predicted octanol–water partition coefficient (Wildman–Crippen LogP) is 3.40. The molecule has 94 valence electrons. The first-order chi connectivity index (χ1) is 8.88. The second-order valence-electron chi connectivity index (χ2n) is 3.95. The van der Waals surface area contributed by atoms with Crippen LogP contribution in [0.2, 0.25) is 0 Å². The Bertz CT molecular complexity index is 456. The van der Waals surface area contributed by atoms with Crippen LogP contribution in [-0.2, 0) is 0 Å². The van der Waals surface area contributed by atoms with Gasteiger partial charge in [-0.05, 0) is 24.6 Å². The van der Waals surface area contributed by atoms with Crippen LogP contribution in [0.5, 0.6) is 5.88 Å². The summed E-state index contributed by atoms with van der Waals surface area (Å²) in [6.45, 7) is 2.82. The first kappa shape index (κ1) is 12.4. The minimum absolute atomic E-state index is 0.571. The van der Waals surface area contributed by atoms with Crippen LogP contribution in [0.3, 0.4) is 0 Å². The smallest absolute Gasteiger partial charge is 0.233 e. The van der Waals surface area contributed by atoms with Crippen LogP contribution >= 0.6 is 0 Å². The van der Waals surface area contributed by atoms with E-state index in [2.05, 4.69) is 22.4 Å². The number of rotatable bonds is 6. The lowest BCUT2D eigenvalue weighted by Crippen LogP contribution is -2.01. The zero-order valence-corrected chi connectivity index (χ0v) is 10.5. The molecule has 1 aromatic carbocycles. The summed E-state index contributed by atoms with van der Waals surface area (Å²) in [5.41, 5.74) is 0.992. The van der Waals surface area contributed by atoms with Gasteiger partial charge in [-0.15, -0.1) is 10.2 Å². The summed E-state index contributed by atoms with van der Waals surface area (Å²) < 4.78 is 5.45. The minimum atomic E-state index is 0.571. The molecule has 0 aliphatic heterocycles. The number of unbranched alkanes of at least 4 members (excludes halogenated alkanes) is 1. The average molecular weight is 243 g/mol. The van der Waals surface area contributed by atoms with Crippen LogP contribution < -0.4 is 10.1 Å². The Labute approximate surface area is 107 Å². The SMILES string of the molecule is CCCCOc1ccc(Nc2ccccc2)nn1. The highest BCUT2D eigenvalue weighted by atomic mass is 16.5. The summed E-state index contributed by atoms with van der Waals surface area (Å²) in [5, 5.41) is 11.2. The van der Waals surface area contributed by atoms with Gasteiger partial charge in [0.05, 0.1) is 6.61 Å². The third-order valence-electron chi connectivity index (χ3n) is 2.43. The van der Waals surface area contributed by atoms with Crippen LogP contribution in [0.1, 0.15) is 19.8 Å². The lowest BCUT2D eigenvalue weighted by molar-refractivity contribution is 0.294. The number of anilines is 2. The van der Waals surface area contributed by atoms with Crippen molar-refractivity contribution in [3.8, 4) is 5.88 Å². The van der Waals surface area contributed by atoms with Gasteiger partial charge in [0.1, 0.15) is 0 Å². The third-order valence-corrected chi connectivity index (χ3v) is 2.43. The van der Waals surface area contributed by atoms with Crippen molar-refractivity contribution in [2.75, 3.05) is 11.9 Å². The molecular weight excluding hydrogens is 226 g/mol. The van der Waals surface area contributed by atoms with Crippen molar-refractivity contribution >= 4 is 11.5 Å². The normalized spacial score (nSPS) is 10.1. The van der Waals surface area contributed by atoms with E-state index in [1.54, 1.807) is 0 Å². The minimum Gasteiger partial charge on any atom is -0.477 e. The topological polar surface area (TPSA) is 47.0 Å². The molecule has 0 aliphatic carbocycles. The molecular formula is C14H17N3O. The van der Waals surface area contributed by atoms with Crippen molar-refractivity contribution < 1.29 is 4.74 Å². The first-order valence-electron chi connectivity index (χ1n) is 6.17. The molecule has 0 aliphatic rings. The molecule has 4 heteroatoms. The fourth-order valence-corrected chi connectivity index (χ4v) is 1.45. The molecule has 0 amide bonds. The van der Waals surface area contributed by atoms with Crippen molar-refractivity contribution in [3.63, 3.8) is 0 Å². The molecule has 2 rings (SSSR count). The Kier molecular flexibility index (Phi) is 4.53. The van der Waals surface area contributed by atoms with Gasteiger partial charge in [-0.25, -0.2) is 0 Å². The molecule has 18 heavy (non-hydrogen) atoms. The molecule has 0 saturated carbocycles. The van der Waals surface area contributed by atoms with Crippen molar-refractivity contribution in [1.82, 2.24) is 10.2 Å². The fraction of sp³-hybridized carbons (Fsp3) is 0.286. The third kappa shape index (κ3) is 3.73. The predicted molar refractivity (Wildman–Crippen MR) is 72.2 cm³/mol. The Morgan fingerprint density at radius 1 is 1.06 bits per heavy atom. The Morgan fingerprint density at radius 3 is 2.56 bits per heavy atom. The van der Waals surface area contributed by atoms with Gasteiger partial charge < -0.3 is 10.1 Å². The number of hydrogen-bond donors (Lipinski definition) is 1. The fourth-order valence-electron chi connectivity index (χ4n) is 1.45. The van der Waals surface area contributed by atoms with Gasteiger partial charge in [0, 0.05) is 11.8 Å². The summed E-state index contributed by atoms with van der Waals surface area (Å²) in [6, 6.07) is 13.6. The van der Waals surface area contributed by atoms with E-state index in [1.165, 1.54) is 0 Å². The van der Waals surface area contributed by atoms with E-state index in [-0.39, 0.29) is 0 Å². The van der Waals surface area contributed by atoms with E-state index >= 15 is 0 Å². The van der Waals surface area contributed by atoms with E-state index in [4.69, 9.17) is 4.74 Å². The highest BCUT2D eigenvalue weighted by molar-refractivity contribution is 5.55.